The second-order valence-electron chi connectivity index (χ2n) is 6.18. The summed E-state index contributed by atoms with van der Waals surface area (Å²) in [5, 5.41) is 11.8. The standard InChI is InChI=1S/C15H26N6O/c1-3-19-8-10-20(11-9-19)15(22)14-12(2)21(18-17-14)13-4-6-16-7-5-13/h13,16H,3-11H2,1-2H3. The van der Waals surface area contributed by atoms with Gasteiger partial charge in [-0.1, -0.05) is 12.1 Å². The van der Waals surface area contributed by atoms with Crippen molar-refractivity contribution in [2.45, 2.75) is 32.7 Å². The van der Waals surface area contributed by atoms with Gasteiger partial charge in [-0.05, 0) is 39.4 Å². The molecule has 0 spiro atoms. The molecule has 7 nitrogen and oxygen atoms in total. The Labute approximate surface area is 131 Å². The van der Waals surface area contributed by atoms with E-state index >= 15 is 0 Å². The number of piperidine rings is 1. The first-order valence-corrected chi connectivity index (χ1v) is 8.34. The molecule has 0 saturated carbocycles. The molecule has 2 aliphatic heterocycles. The number of nitrogens with zero attached hydrogens (tertiary/aromatic N) is 5. The van der Waals surface area contributed by atoms with Crippen molar-refractivity contribution < 1.29 is 4.79 Å². The molecule has 1 aromatic heterocycles. The van der Waals surface area contributed by atoms with Crippen LogP contribution in [0.3, 0.4) is 0 Å². The smallest absolute Gasteiger partial charge is 0.276 e. The Bertz CT molecular complexity index is 514. The second kappa shape index (κ2) is 6.75. The summed E-state index contributed by atoms with van der Waals surface area (Å²) in [5.74, 6) is 0.0356. The Balaban J connectivity index is 1.69. The maximum Gasteiger partial charge on any atom is 0.276 e. The molecule has 0 aromatic carbocycles. The fraction of sp³-hybridized carbons (Fsp3) is 0.800. The second-order valence-corrected chi connectivity index (χ2v) is 6.18. The quantitative estimate of drug-likeness (QED) is 0.869. The normalized spacial score (nSPS) is 21.3. The van der Waals surface area contributed by atoms with Gasteiger partial charge in [0.15, 0.2) is 5.69 Å². The van der Waals surface area contributed by atoms with Crippen LogP contribution in [0.1, 0.15) is 42.0 Å². The van der Waals surface area contributed by atoms with Crippen LogP contribution in [0.25, 0.3) is 0 Å². The fourth-order valence-electron chi connectivity index (χ4n) is 3.35. The molecule has 0 bridgehead atoms. The van der Waals surface area contributed by atoms with Crippen LogP contribution in [0.2, 0.25) is 0 Å². The van der Waals surface area contributed by atoms with Gasteiger partial charge in [0.05, 0.1) is 11.7 Å². The Morgan fingerprint density at radius 2 is 1.91 bits per heavy atom. The number of amides is 1. The van der Waals surface area contributed by atoms with Crippen molar-refractivity contribution in [2.24, 2.45) is 0 Å². The molecule has 2 aliphatic rings. The van der Waals surface area contributed by atoms with Crippen LogP contribution < -0.4 is 5.32 Å². The first-order chi connectivity index (χ1) is 10.7. The van der Waals surface area contributed by atoms with Crippen LogP contribution in [0.15, 0.2) is 0 Å². The van der Waals surface area contributed by atoms with E-state index in [0.717, 1.165) is 64.3 Å². The third-order valence-electron chi connectivity index (χ3n) is 4.89. The third kappa shape index (κ3) is 3.01. The molecule has 3 heterocycles. The minimum Gasteiger partial charge on any atom is -0.335 e. The van der Waals surface area contributed by atoms with Crippen molar-refractivity contribution in [3.8, 4) is 0 Å². The van der Waals surface area contributed by atoms with Gasteiger partial charge in [0.2, 0.25) is 0 Å². The number of carbonyl (C=O) groups is 1. The van der Waals surface area contributed by atoms with E-state index in [-0.39, 0.29) is 5.91 Å². The monoisotopic (exact) mass is 306 g/mol. The average Bonchev–Trinajstić information content (AvgIpc) is 2.96. The van der Waals surface area contributed by atoms with Gasteiger partial charge < -0.3 is 15.1 Å². The van der Waals surface area contributed by atoms with Crippen LogP contribution in [0.4, 0.5) is 0 Å². The van der Waals surface area contributed by atoms with Gasteiger partial charge in [-0.15, -0.1) is 5.10 Å². The molecular weight excluding hydrogens is 280 g/mol. The fourth-order valence-corrected chi connectivity index (χ4v) is 3.35. The number of nitrogens with one attached hydrogen (secondary N) is 1. The highest BCUT2D eigenvalue weighted by atomic mass is 16.2. The zero-order chi connectivity index (χ0) is 15.5. The number of likely N-dealkylation sites (N-methyl/N-ethyl adjacent to an activating group) is 1. The van der Waals surface area contributed by atoms with Crippen LogP contribution >= 0.6 is 0 Å². The lowest BCUT2D eigenvalue weighted by Crippen LogP contribution is -2.48. The summed E-state index contributed by atoms with van der Waals surface area (Å²) in [7, 11) is 0. The molecule has 122 valence electrons. The van der Waals surface area contributed by atoms with Crippen LogP contribution in [-0.4, -0.2) is 76.5 Å². The van der Waals surface area contributed by atoms with Crippen LogP contribution in [-0.2, 0) is 0 Å². The molecule has 1 amide bonds. The van der Waals surface area contributed by atoms with Gasteiger partial charge in [-0.25, -0.2) is 4.68 Å². The van der Waals surface area contributed by atoms with Gasteiger partial charge in [-0.3, -0.25) is 4.79 Å². The van der Waals surface area contributed by atoms with Gasteiger partial charge in [0, 0.05) is 26.2 Å². The molecule has 2 fully saturated rings. The van der Waals surface area contributed by atoms with Crippen molar-refractivity contribution in [1.82, 2.24) is 30.1 Å². The minimum atomic E-state index is 0.0356. The van der Waals surface area contributed by atoms with E-state index in [1.807, 2.05) is 16.5 Å². The van der Waals surface area contributed by atoms with Crippen molar-refractivity contribution in [3.05, 3.63) is 11.4 Å². The molecular formula is C15H26N6O. The SMILES string of the molecule is CCN1CCN(C(=O)c2nnn(C3CCNCC3)c2C)CC1. The summed E-state index contributed by atoms with van der Waals surface area (Å²) in [6, 6.07) is 0.368. The molecule has 3 rings (SSSR count). The van der Waals surface area contributed by atoms with Crippen molar-refractivity contribution >= 4 is 5.91 Å². The van der Waals surface area contributed by atoms with Crippen molar-refractivity contribution in [2.75, 3.05) is 45.8 Å². The highest BCUT2D eigenvalue weighted by molar-refractivity contribution is 5.93. The number of hydrogen-bond acceptors (Lipinski definition) is 5. The van der Waals surface area contributed by atoms with Gasteiger partial charge in [-0.2, -0.15) is 0 Å². The van der Waals surface area contributed by atoms with E-state index in [1.165, 1.54) is 0 Å². The lowest BCUT2D eigenvalue weighted by Gasteiger charge is -2.33. The Kier molecular flexibility index (Phi) is 4.73. The summed E-state index contributed by atoms with van der Waals surface area (Å²) < 4.78 is 1.95. The van der Waals surface area contributed by atoms with E-state index < -0.39 is 0 Å². The third-order valence-corrected chi connectivity index (χ3v) is 4.89. The number of piperazine rings is 1. The number of hydrogen-bond donors (Lipinski definition) is 1. The summed E-state index contributed by atoms with van der Waals surface area (Å²) in [5.41, 5.74) is 1.44. The van der Waals surface area contributed by atoms with Gasteiger partial charge >= 0.3 is 0 Å². The zero-order valence-electron chi connectivity index (χ0n) is 13.6. The molecule has 2 saturated heterocycles. The highest BCUT2D eigenvalue weighted by Crippen LogP contribution is 2.21. The number of carbonyl (C=O) groups excluding carboxylic acids is 1. The van der Waals surface area contributed by atoms with E-state index in [1.54, 1.807) is 0 Å². The maximum atomic E-state index is 12.7. The first kappa shape index (κ1) is 15.4. The van der Waals surface area contributed by atoms with Crippen LogP contribution in [0.5, 0.6) is 0 Å². The van der Waals surface area contributed by atoms with Crippen molar-refractivity contribution in [3.63, 3.8) is 0 Å². The Hall–Kier alpha value is -1.47. The predicted molar refractivity (Wildman–Crippen MR) is 83.9 cm³/mol. The molecule has 7 heteroatoms. The van der Waals surface area contributed by atoms with E-state index in [9.17, 15) is 4.79 Å². The number of aromatic nitrogens is 3. The summed E-state index contributed by atoms with van der Waals surface area (Å²) in [6.07, 6.45) is 2.10. The average molecular weight is 306 g/mol. The Morgan fingerprint density at radius 1 is 1.23 bits per heavy atom. The van der Waals surface area contributed by atoms with E-state index in [4.69, 9.17) is 0 Å². The molecule has 0 radical (unpaired) electrons. The summed E-state index contributed by atoms with van der Waals surface area (Å²) in [4.78, 5) is 17.0. The molecule has 1 N–H and O–H groups in total. The molecule has 0 atom stereocenters. The van der Waals surface area contributed by atoms with Gasteiger partial charge in [0.25, 0.3) is 5.91 Å². The van der Waals surface area contributed by atoms with Gasteiger partial charge in [0.1, 0.15) is 0 Å². The topological polar surface area (TPSA) is 66.3 Å². The molecule has 0 aliphatic carbocycles. The minimum absolute atomic E-state index is 0.0356. The summed E-state index contributed by atoms with van der Waals surface area (Å²) >= 11 is 0. The Morgan fingerprint density at radius 3 is 2.55 bits per heavy atom. The largest absolute Gasteiger partial charge is 0.335 e. The summed E-state index contributed by atoms with van der Waals surface area (Å²) in [6.45, 7) is 10.7. The number of rotatable bonds is 3. The maximum absolute atomic E-state index is 12.7. The van der Waals surface area contributed by atoms with Crippen molar-refractivity contribution in [1.29, 1.82) is 0 Å². The van der Waals surface area contributed by atoms with E-state index in [0.29, 0.717) is 11.7 Å². The highest BCUT2D eigenvalue weighted by Gasteiger charge is 2.27. The lowest BCUT2D eigenvalue weighted by atomic mass is 10.1. The van der Waals surface area contributed by atoms with E-state index in [2.05, 4.69) is 27.5 Å². The zero-order valence-corrected chi connectivity index (χ0v) is 13.6. The predicted octanol–water partition coefficient (Wildman–Crippen LogP) is 0.289. The molecule has 22 heavy (non-hydrogen) atoms. The lowest BCUT2D eigenvalue weighted by molar-refractivity contribution is 0.0636. The first-order valence-electron chi connectivity index (χ1n) is 8.34. The molecule has 1 aromatic rings. The molecule has 0 unspecified atom stereocenters. The van der Waals surface area contributed by atoms with Crippen LogP contribution in [0, 0.1) is 6.92 Å².